The zero-order valence-corrected chi connectivity index (χ0v) is 14.6. The number of nitro benzene ring substituents is 1. The lowest BCUT2D eigenvalue weighted by atomic mass is 10.1. The maximum absolute atomic E-state index is 12.5. The van der Waals surface area contributed by atoms with Crippen LogP contribution in [-0.4, -0.2) is 27.6 Å². The highest BCUT2D eigenvalue weighted by Crippen LogP contribution is 2.23. The molecule has 0 saturated carbocycles. The first-order chi connectivity index (χ1) is 13.1. The van der Waals surface area contributed by atoms with E-state index in [-0.39, 0.29) is 11.6 Å². The van der Waals surface area contributed by atoms with Crippen LogP contribution < -0.4 is 10.1 Å². The van der Waals surface area contributed by atoms with E-state index in [0.29, 0.717) is 30.0 Å². The molecular weight excluding hydrogens is 348 g/mol. The molecule has 0 saturated heterocycles. The van der Waals surface area contributed by atoms with Gasteiger partial charge in [0.2, 0.25) is 0 Å². The van der Waals surface area contributed by atoms with Crippen LogP contribution in [0.1, 0.15) is 22.8 Å². The number of nitro groups is 1. The molecule has 2 N–H and O–H groups in total. The second-order valence-electron chi connectivity index (χ2n) is 5.73. The number of nitrogens with one attached hydrogen (secondary N) is 2. The van der Waals surface area contributed by atoms with E-state index in [4.69, 9.17) is 4.74 Å². The SMILES string of the molecule is CCOc1cccc(CNC(=O)c2cn[nH]c2-c2ccc([N+](=O)[O-])cc2)c1. The Morgan fingerprint density at radius 1 is 1.26 bits per heavy atom. The highest BCUT2D eigenvalue weighted by molar-refractivity contribution is 5.99. The lowest BCUT2D eigenvalue weighted by Gasteiger charge is -2.08. The second-order valence-corrected chi connectivity index (χ2v) is 5.73. The Balaban J connectivity index is 1.72. The summed E-state index contributed by atoms with van der Waals surface area (Å²) in [5, 5.41) is 20.3. The van der Waals surface area contributed by atoms with Gasteiger partial charge in [-0.3, -0.25) is 20.0 Å². The summed E-state index contributed by atoms with van der Waals surface area (Å²) >= 11 is 0. The fraction of sp³-hybridized carbons (Fsp3) is 0.158. The fourth-order valence-corrected chi connectivity index (χ4v) is 2.62. The number of carbonyl (C=O) groups excluding carboxylic acids is 1. The van der Waals surface area contributed by atoms with Crippen molar-refractivity contribution in [2.75, 3.05) is 6.61 Å². The molecule has 0 atom stereocenters. The maximum Gasteiger partial charge on any atom is 0.269 e. The third-order valence-electron chi connectivity index (χ3n) is 3.91. The van der Waals surface area contributed by atoms with E-state index in [1.165, 1.54) is 18.3 Å². The summed E-state index contributed by atoms with van der Waals surface area (Å²) in [6.45, 7) is 2.82. The molecule has 1 aromatic heterocycles. The van der Waals surface area contributed by atoms with E-state index in [2.05, 4.69) is 15.5 Å². The Kier molecular flexibility index (Phi) is 5.46. The normalized spacial score (nSPS) is 10.4. The average Bonchev–Trinajstić information content (AvgIpc) is 3.17. The third-order valence-corrected chi connectivity index (χ3v) is 3.91. The van der Waals surface area contributed by atoms with Gasteiger partial charge >= 0.3 is 0 Å². The zero-order chi connectivity index (χ0) is 19.2. The van der Waals surface area contributed by atoms with Gasteiger partial charge in [-0.15, -0.1) is 0 Å². The van der Waals surface area contributed by atoms with Gasteiger partial charge in [-0.1, -0.05) is 12.1 Å². The van der Waals surface area contributed by atoms with Gasteiger partial charge in [-0.2, -0.15) is 5.10 Å². The molecule has 8 heteroatoms. The van der Waals surface area contributed by atoms with Gasteiger partial charge < -0.3 is 10.1 Å². The number of H-pyrrole nitrogens is 1. The molecular formula is C19H18N4O4. The number of rotatable bonds is 7. The van der Waals surface area contributed by atoms with Gasteiger partial charge in [0.1, 0.15) is 5.75 Å². The van der Waals surface area contributed by atoms with E-state index in [1.807, 2.05) is 31.2 Å². The van der Waals surface area contributed by atoms with E-state index in [1.54, 1.807) is 12.1 Å². The number of non-ortho nitro benzene ring substituents is 1. The minimum Gasteiger partial charge on any atom is -0.494 e. The van der Waals surface area contributed by atoms with Gasteiger partial charge in [0.05, 0.1) is 29.0 Å². The number of ether oxygens (including phenoxy) is 1. The molecule has 0 aliphatic rings. The third kappa shape index (κ3) is 4.30. The summed E-state index contributed by atoms with van der Waals surface area (Å²) in [4.78, 5) is 22.8. The van der Waals surface area contributed by atoms with E-state index >= 15 is 0 Å². The van der Waals surface area contributed by atoms with Gasteiger partial charge in [-0.05, 0) is 36.8 Å². The summed E-state index contributed by atoms with van der Waals surface area (Å²) in [5.41, 5.74) is 2.41. The Bertz CT molecular complexity index is 950. The van der Waals surface area contributed by atoms with Gasteiger partial charge in [-0.25, -0.2) is 0 Å². The fourth-order valence-electron chi connectivity index (χ4n) is 2.62. The predicted molar refractivity (Wildman–Crippen MR) is 99.5 cm³/mol. The molecule has 0 fully saturated rings. The van der Waals surface area contributed by atoms with Crippen molar-refractivity contribution in [3.8, 4) is 17.0 Å². The maximum atomic E-state index is 12.5. The number of aromatic amines is 1. The smallest absolute Gasteiger partial charge is 0.269 e. The first-order valence-corrected chi connectivity index (χ1v) is 8.36. The predicted octanol–water partition coefficient (Wildman–Crippen LogP) is 3.31. The molecule has 0 radical (unpaired) electrons. The average molecular weight is 366 g/mol. The van der Waals surface area contributed by atoms with Crippen molar-refractivity contribution in [2.24, 2.45) is 0 Å². The number of amides is 1. The van der Waals surface area contributed by atoms with Crippen molar-refractivity contribution in [2.45, 2.75) is 13.5 Å². The van der Waals surface area contributed by atoms with Crippen molar-refractivity contribution in [3.05, 3.63) is 76.0 Å². The second kappa shape index (κ2) is 8.13. The Hall–Kier alpha value is -3.68. The lowest BCUT2D eigenvalue weighted by molar-refractivity contribution is -0.384. The summed E-state index contributed by atoms with van der Waals surface area (Å²) in [7, 11) is 0. The van der Waals surface area contributed by atoms with E-state index < -0.39 is 4.92 Å². The molecule has 0 bridgehead atoms. The number of carbonyl (C=O) groups is 1. The quantitative estimate of drug-likeness (QED) is 0.492. The summed E-state index contributed by atoms with van der Waals surface area (Å²) in [6, 6.07) is 13.4. The highest BCUT2D eigenvalue weighted by Gasteiger charge is 2.16. The molecule has 1 amide bonds. The molecule has 0 unspecified atom stereocenters. The van der Waals surface area contributed by atoms with Crippen LogP contribution >= 0.6 is 0 Å². The molecule has 138 valence electrons. The molecule has 2 aromatic carbocycles. The lowest BCUT2D eigenvalue weighted by Crippen LogP contribution is -2.23. The number of benzene rings is 2. The van der Waals surface area contributed by atoms with Crippen molar-refractivity contribution in [1.29, 1.82) is 0 Å². The summed E-state index contributed by atoms with van der Waals surface area (Å²) in [6.07, 6.45) is 1.43. The highest BCUT2D eigenvalue weighted by atomic mass is 16.6. The van der Waals surface area contributed by atoms with Crippen LogP contribution in [0.2, 0.25) is 0 Å². The van der Waals surface area contributed by atoms with Gasteiger partial charge in [0.15, 0.2) is 0 Å². The van der Waals surface area contributed by atoms with E-state index in [0.717, 1.165) is 11.3 Å². The molecule has 0 aliphatic carbocycles. The van der Waals surface area contributed by atoms with Gasteiger partial charge in [0.25, 0.3) is 11.6 Å². The van der Waals surface area contributed by atoms with Crippen molar-refractivity contribution in [1.82, 2.24) is 15.5 Å². The first kappa shape index (κ1) is 18.1. The van der Waals surface area contributed by atoms with E-state index in [9.17, 15) is 14.9 Å². The Morgan fingerprint density at radius 2 is 2.04 bits per heavy atom. The largest absolute Gasteiger partial charge is 0.494 e. The molecule has 8 nitrogen and oxygen atoms in total. The molecule has 0 spiro atoms. The minimum absolute atomic E-state index is 0.0153. The number of hydrogen-bond acceptors (Lipinski definition) is 5. The number of nitrogens with zero attached hydrogens (tertiary/aromatic N) is 2. The van der Waals surface area contributed by atoms with Crippen LogP contribution in [0.5, 0.6) is 5.75 Å². The molecule has 3 rings (SSSR count). The van der Waals surface area contributed by atoms with Crippen molar-refractivity contribution < 1.29 is 14.5 Å². The summed E-state index contributed by atoms with van der Waals surface area (Å²) in [5.74, 6) is 0.457. The minimum atomic E-state index is -0.471. The van der Waals surface area contributed by atoms with Crippen LogP contribution in [-0.2, 0) is 6.54 Å². The van der Waals surface area contributed by atoms with Crippen LogP contribution in [0.15, 0.2) is 54.7 Å². The number of aromatic nitrogens is 2. The van der Waals surface area contributed by atoms with Crippen LogP contribution in [0.4, 0.5) is 5.69 Å². The molecule has 27 heavy (non-hydrogen) atoms. The standard InChI is InChI=1S/C19H18N4O4/c1-2-27-16-5-3-4-13(10-16)11-20-19(24)17-12-21-22-18(17)14-6-8-15(9-7-14)23(25)26/h3-10,12H,2,11H2,1H3,(H,20,24)(H,21,22). The van der Waals surface area contributed by atoms with Crippen LogP contribution in [0, 0.1) is 10.1 Å². The Labute approximate surface area is 155 Å². The molecule has 3 aromatic rings. The molecule has 0 aliphatic heterocycles. The first-order valence-electron chi connectivity index (χ1n) is 8.36. The monoisotopic (exact) mass is 366 g/mol. The van der Waals surface area contributed by atoms with Crippen LogP contribution in [0.3, 0.4) is 0 Å². The van der Waals surface area contributed by atoms with Crippen LogP contribution in [0.25, 0.3) is 11.3 Å². The van der Waals surface area contributed by atoms with Crippen molar-refractivity contribution >= 4 is 11.6 Å². The van der Waals surface area contributed by atoms with Crippen molar-refractivity contribution in [3.63, 3.8) is 0 Å². The zero-order valence-electron chi connectivity index (χ0n) is 14.6. The molecule has 1 heterocycles. The number of hydrogen-bond donors (Lipinski definition) is 2. The Morgan fingerprint density at radius 3 is 2.74 bits per heavy atom. The topological polar surface area (TPSA) is 110 Å². The summed E-state index contributed by atoms with van der Waals surface area (Å²) < 4.78 is 5.45. The van der Waals surface area contributed by atoms with Gasteiger partial charge in [0, 0.05) is 24.2 Å².